The zero-order chi connectivity index (χ0) is 16.5. The van der Waals surface area contributed by atoms with Gasteiger partial charge in [0, 0.05) is 17.0 Å². The van der Waals surface area contributed by atoms with Crippen molar-refractivity contribution < 1.29 is 19.0 Å². The Bertz CT molecular complexity index is 726. The molecule has 2 aromatic rings. The quantitative estimate of drug-likeness (QED) is 0.854. The van der Waals surface area contributed by atoms with E-state index in [1.165, 1.54) is 4.88 Å². The van der Waals surface area contributed by atoms with Crippen molar-refractivity contribution in [2.45, 2.75) is 18.9 Å². The molecule has 5 nitrogen and oxygen atoms in total. The predicted molar refractivity (Wildman–Crippen MR) is 91.3 cm³/mol. The van der Waals surface area contributed by atoms with Crippen molar-refractivity contribution in [2.24, 2.45) is 0 Å². The Labute approximate surface area is 144 Å². The number of hydrogen-bond acceptors (Lipinski definition) is 5. The highest BCUT2D eigenvalue weighted by Gasteiger charge is 2.32. The zero-order valence-electron chi connectivity index (χ0n) is 13.5. The highest BCUT2D eigenvalue weighted by molar-refractivity contribution is 7.10. The number of methoxy groups -OCH3 is 1. The number of fused-ring (bicyclic) bond motifs is 1. The Balaban J connectivity index is 1.67. The van der Waals surface area contributed by atoms with Gasteiger partial charge >= 0.3 is 0 Å². The minimum atomic E-state index is 0.0150. The summed E-state index contributed by atoms with van der Waals surface area (Å²) in [4.78, 5) is 16.3. The normalized spacial score (nSPS) is 19.4. The molecule has 1 aromatic heterocycles. The molecule has 0 radical (unpaired) electrons. The van der Waals surface area contributed by atoms with Crippen LogP contribution in [-0.2, 0) is 0 Å². The molecule has 6 heteroatoms. The zero-order valence-corrected chi connectivity index (χ0v) is 14.3. The first-order valence-corrected chi connectivity index (χ1v) is 8.98. The summed E-state index contributed by atoms with van der Waals surface area (Å²) in [6.07, 6.45) is 2.03. The topological polar surface area (TPSA) is 48.0 Å². The van der Waals surface area contributed by atoms with E-state index in [-0.39, 0.29) is 11.9 Å². The standard InChI is InChI=1S/C18H19NO4S/c1-21-14-10-12(11-15-17(14)23-8-7-22-15)18(20)19-6-2-4-13(19)16-5-3-9-24-16/h3,5,9-11,13H,2,4,6-8H2,1H3/t13-/m1/s1. The molecular formula is C18H19NO4S. The van der Waals surface area contributed by atoms with Crippen LogP contribution < -0.4 is 14.2 Å². The molecule has 0 spiro atoms. The second-order valence-corrected chi connectivity index (χ2v) is 6.85. The molecule has 1 atom stereocenters. The first-order chi connectivity index (χ1) is 11.8. The number of hydrogen-bond donors (Lipinski definition) is 0. The lowest BCUT2D eigenvalue weighted by Gasteiger charge is -2.26. The van der Waals surface area contributed by atoms with Gasteiger partial charge in [0.25, 0.3) is 5.91 Å². The number of thiophene rings is 1. The Morgan fingerprint density at radius 1 is 1.33 bits per heavy atom. The van der Waals surface area contributed by atoms with Crippen molar-refractivity contribution in [1.82, 2.24) is 4.90 Å². The van der Waals surface area contributed by atoms with Crippen LogP contribution in [0.5, 0.6) is 17.2 Å². The van der Waals surface area contributed by atoms with Crippen molar-refractivity contribution in [3.05, 3.63) is 40.1 Å². The van der Waals surface area contributed by atoms with E-state index in [1.807, 2.05) is 11.0 Å². The first-order valence-electron chi connectivity index (χ1n) is 8.10. The number of carbonyl (C=O) groups is 1. The molecule has 0 N–H and O–H groups in total. The van der Waals surface area contributed by atoms with Crippen LogP contribution in [0.4, 0.5) is 0 Å². The molecule has 4 rings (SSSR count). The number of likely N-dealkylation sites (tertiary alicyclic amines) is 1. The van der Waals surface area contributed by atoms with E-state index < -0.39 is 0 Å². The number of amides is 1. The Morgan fingerprint density at radius 3 is 3.00 bits per heavy atom. The third-order valence-electron chi connectivity index (χ3n) is 4.46. The van der Waals surface area contributed by atoms with E-state index in [0.29, 0.717) is 36.0 Å². The SMILES string of the molecule is COc1cc(C(=O)N2CCC[C@@H]2c2cccs2)cc2c1OCCO2. The molecule has 1 amide bonds. The van der Waals surface area contributed by atoms with Crippen LogP contribution >= 0.6 is 11.3 Å². The van der Waals surface area contributed by atoms with Gasteiger partial charge in [-0.2, -0.15) is 0 Å². The third kappa shape index (κ3) is 2.60. The lowest BCUT2D eigenvalue weighted by atomic mass is 10.1. The Kier molecular flexibility index (Phi) is 4.06. The summed E-state index contributed by atoms with van der Waals surface area (Å²) in [5.74, 6) is 1.72. The molecular weight excluding hydrogens is 326 g/mol. The van der Waals surface area contributed by atoms with Crippen molar-refractivity contribution in [1.29, 1.82) is 0 Å². The number of ether oxygens (including phenoxy) is 3. The van der Waals surface area contributed by atoms with E-state index in [0.717, 1.165) is 19.4 Å². The van der Waals surface area contributed by atoms with E-state index in [4.69, 9.17) is 14.2 Å². The van der Waals surface area contributed by atoms with Crippen molar-refractivity contribution in [3.8, 4) is 17.2 Å². The van der Waals surface area contributed by atoms with Gasteiger partial charge in [0.2, 0.25) is 5.75 Å². The van der Waals surface area contributed by atoms with Crippen LogP contribution in [0.1, 0.15) is 34.1 Å². The minimum Gasteiger partial charge on any atom is -0.493 e. The van der Waals surface area contributed by atoms with Crippen LogP contribution in [0, 0.1) is 0 Å². The summed E-state index contributed by atoms with van der Waals surface area (Å²) < 4.78 is 16.6. The van der Waals surface area contributed by atoms with Crippen LogP contribution in [0.2, 0.25) is 0 Å². The molecule has 2 aliphatic heterocycles. The average Bonchev–Trinajstić information content (AvgIpc) is 3.30. The van der Waals surface area contributed by atoms with Gasteiger partial charge in [-0.25, -0.2) is 0 Å². The van der Waals surface area contributed by atoms with Crippen LogP contribution in [0.15, 0.2) is 29.6 Å². The maximum absolute atomic E-state index is 13.1. The lowest BCUT2D eigenvalue weighted by molar-refractivity contribution is 0.0736. The molecule has 0 saturated carbocycles. The highest BCUT2D eigenvalue weighted by atomic mass is 32.1. The van der Waals surface area contributed by atoms with Crippen LogP contribution in [0.25, 0.3) is 0 Å². The fourth-order valence-corrected chi connectivity index (χ4v) is 4.22. The van der Waals surface area contributed by atoms with Gasteiger partial charge in [-0.1, -0.05) is 6.07 Å². The largest absolute Gasteiger partial charge is 0.493 e. The summed E-state index contributed by atoms with van der Waals surface area (Å²) in [6.45, 7) is 1.75. The van der Waals surface area contributed by atoms with Gasteiger partial charge in [0.1, 0.15) is 13.2 Å². The third-order valence-corrected chi connectivity index (χ3v) is 5.43. The van der Waals surface area contributed by atoms with Crippen molar-refractivity contribution in [3.63, 3.8) is 0 Å². The minimum absolute atomic E-state index is 0.0150. The molecule has 1 fully saturated rings. The maximum Gasteiger partial charge on any atom is 0.254 e. The van der Waals surface area contributed by atoms with Gasteiger partial charge in [-0.15, -0.1) is 11.3 Å². The molecule has 1 saturated heterocycles. The smallest absolute Gasteiger partial charge is 0.254 e. The van der Waals surface area contributed by atoms with Gasteiger partial charge in [-0.3, -0.25) is 4.79 Å². The number of rotatable bonds is 3. The fraction of sp³-hybridized carbons (Fsp3) is 0.389. The highest BCUT2D eigenvalue weighted by Crippen LogP contribution is 2.42. The summed E-state index contributed by atoms with van der Waals surface area (Å²) >= 11 is 1.70. The maximum atomic E-state index is 13.1. The molecule has 0 bridgehead atoms. The molecule has 126 valence electrons. The molecule has 3 heterocycles. The Morgan fingerprint density at radius 2 is 2.21 bits per heavy atom. The molecule has 0 aliphatic carbocycles. The molecule has 2 aliphatic rings. The number of carbonyl (C=O) groups excluding carboxylic acids is 1. The van der Waals surface area contributed by atoms with Crippen molar-refractivity contribution >= 4 is 17.2 Å². The van der Waals surface area contributed by atoms with E-state index in [1.54, 1.807) is 30.6 Å². The van der Waals surface area contributed by atoms with Crippen LogP contribution in [-0.4, -0.2) is 37.7 Å². The predicted octanol–water partition coefficient (Wildman–Crippen LogP) is 3.51. The second-order valence-electron chi connectivity index (χ2n) is 5.87. The van der Waals surface area contributed by atoms with Gasteiger partial charge in [0.15, 0.2) is 11.5 Å². The average molecular weight is 345 g/mol. The van der Waals surface area contributed by atoms with Crippen LogP contribution in [0.3, 0.4) is 0 Å². The molecule has 1 aromatic carbocycles. The Hall–Kier alpha value is -2.21. The summed E-state index contributed by atoms with van der Waals surface area (Å²) in [5, 5.41) is 2.06. The monoisotopic (exact) mass is 345 g/mol. The summed E-state index contributed by atoms with van der Waals surface area (Å²) in [7, 11) is 1.58. The lowest BCUT2D eigenvalue weighted by Crippen LogP contribution is -2.30. The molecule has 24 heavy (non-hydrogen) atoms. The summed E-state index contributed by atoms with van der Waals surface area (Å²) in [5.41, 5.74) is 0.583. The fourth-order valence-electron chi connectivity index (χ4n) is 3.35. The van der Waals surface area contributed by atoms with E-state index in [2.05, 4.69) is 11.4 Å². The van der Waals surface area contributed by atoms with Gasteiger partial charge in [0.05, 0.1) is 13.2 Å². The van der Waals surface area contributed by atoms with Gasteiger partial charge < -0.3 is 19.1 Å². The van der Waals surface area contributed by atoms with Crippen molar-refractivity contribution in [2.75, 3.05) is 26.9 Å². The van der Waals surface area contributed by atoms with Gasteiger partial charge in [-0.05, 0) is 36.4 Å². The van der Waals surface area contributed by atoms with E-state index >= 15 is 0 Å². The number of nitrogens with zero attached hydrogens (tertiary/aromatic N) is 1. The number of benzene rings is 1. The van der Waals surface area contributed by atoms with E-state index in [9.17, 15) is 4.79 Å². The second kappa shape index (κ2) is 6.36. The summed E-state index contributed by atoms with van der Waals surface area (Å²) in [6, 6.07) is 7.82. The first kappa shape index (κ1) is 15.3. The molecule has 0 unspecified atom stereocenters.